The van der Waals surface area contributed by atoms with Gasteiger partial charge in [0.2, 0.25) is 5.91 Å². The van der Waals surface area contributed by atoms with Crippen molar-refractivity contribution in [1.29, 1.82) is 0 Å². The molecule has 0 unspecified atom stereocenters. The number of imidazole rings is 1. The van der Waals surface area contributed by atoms with E-state index in [-0.39, 0.29) is 5.91 Å². The summed E-state index contributed by atoms with van der Waals surface area (Å²) in [6, 6.07) is 5.52. The molecule has 0 saturated carbocycles. The Morgan fingerprint density at radius 3 is 3.13 bits per heavy atom. The van der Waals surface area contributed by atoms with Crippen LogP contribution in [-0.4, -0.2) is 15.9 Å². The van der Waals surface area contributed by atoms with Crippen molar-refractivity contribution in [1.82, 2.24) is 9.97 Å². The fourth-order valence-electron chi connectivity index (χ4n) is 1.32. The number of thiol groups is 1. The predicted molar refractivity (Wildman–Crippen MR) is 62.3 cm³/mol. The Morgan fingerprint density at radius 2 is 2.40 bits per heavy atom. The Hall–Kier alpha value is -1.49. The maximum Gasteiger partial charge on any atom is 0.224 e. The molecule has 0 radical (unpaired) electrons. The lowest BCUT2D eigenvalue weighted by atomic mass is 10.2. The molecule has 1 heterocycles. The molecule has 0 aliphatic rings. The largest absolute Gasteiger partial charge is 0.333 e. The highest BCUT2D eigenvalue weighted by Crippen LogP contribution is 2.18. The van der Waals surface area contributed by atoms with Crippen LogP contribution in [0.5, 0.6) is 0 Å². The summed E-state index contributed by atoms with van der Waals surface area (Å²) in [5.74, 6) is -0.00372. The average Bonchev–Trinajstić information content (AvgIpc) is 2.57. The molecule has 4 nitrogen and oxygen atoms in total. The molecular weight excluding hydrogens is 210 g/mol. The Balaban J connectivity index is 2.33. The van der Waals surface area contributed by atoms with Crippen LogP contribution in [-0.2, 0) is 4.79 Å². The van der Waals surface area contributed by atoms with Crippen molar-refractivity contribution < 1.29 is 4.79 Å². The van der Waals surface area contributed by atoms with Crippen LogP contribution in [0.4, 0.5) is 5.69 Å². The Morgan fingerprint density at radius 1 is 1.60 bits per heavy atom. The fraction of sp³-hybridized carbons (Fsp3) is 0.200. The zero-order chi connectivity index (χ0) is 10.8. The van der Waals surface area contributed by atoms with Gasteiger partial charge in [0, 0.05) is 12.1 Å². The summed E-state index contributed by atoms with van der Waals surface area (Å²) in [4.78, 5) is 18.3. The minimum absolute atomic E-state index is 0.00372. The van der Waals surface area contributed by atoms with Gasteiger partial charge in [0.05, 0.1) is 11.0 Å². The number of nitrogens with one attached hydrogen (secondary N) is 2. The Bertz CT molecular complexity index is 506. The van der Waals surface area contributed by atoms with E-state index in [9.17, 15) is 4.79 Å². The van der Waals surface area contributed by atoms with Gasteiger partial charge in [0.25, 0.3) is 0 Å². The van der Waals surface area contributed by atoms with Gasteiger partial charge in [0.15, 0.2) is 5.16 Å². The molecular formula is C10H11N3OS. The van der Waals surface area contributed by atoms with Crippen molar-refractivity contribution in [3.63, 3.8) is 0 Å². The van der Waals surface area contributed by atoms with Crippen LogP contribution in [0.15, 0.2) is 23.4 Å². The normalized spacial score (nSPS) is 10.5. The van der Waals surface area contributed by atoms with Crippen LogP contribution in [0, 0.1) is 0 Å². The number of hydrogen-bond acceptors (Lipinski definition) is 3. The van der Waals surface area contributed by atoms with E-state index in [0.29, 0.717) is 11.6 Å². The molecule has 15 heavy (non-hydrogen) atoms. The number of fused-ring (bicyclic) bond motifs is 1. The first-order valence-corrected chi connectivity index (χ1v) is 5.12. The van der Waals surface area contributed by atoms with Crippen molar-refractivity contribution >= 4 is 35.3 Å². The van der Waals surface area contributed by atoms with E-state index in [1.807, 2.05) is 25.1 Å². The SMILES string of the molecule is CCC(=O)Nc1ccc2[nH]c(S)nc2c1. The Kier molecular flexibility index (Phi) is 2.64. The second kappa shape index (κ2) is 3.94. The van der Waals surface area contributed by atoms with Gasteiger partial charge in [-0.05, 0) is 18.2 Å². The molecule has 2 N–H and O–H groups in total. The van der Waals surface area contributed by atoms with Crippen LogP contribution in [0.25, 0.3) is 11.0 Å². The number of benzene rings is 1. The highest BCUT2D eigenvalue weighted by atomic mass is 32.1. The van der Waals surface area contributed by atoms with Crippen molar-refractivity contribution in [3.05, 3.63) is 18.2 Å². The van der Waals surface area contributed by atoms with Crippen LogP contribution in [0.2, 0.25) is 0 Å². The molecule has 0 bridgehead atoms. The highest BCUT2D eigenvalue weighted by Gasteiger charge is 2.03. The lowest BCUT2D eigenvalue weighted by Gasteiger charge is -2.02. The van der Waals surface area contributed by atoms with Crippen molar-refractivity contribution in [2.24, 2.45) is 0 Å². The number of amides is 1. The minimum atomic E-state index is -0.00372. The molecule has 0 aliphatic heterocycles. The molecule has 1 aromatic carbocycles. The van der Waals surface area contributed by atoms with Crippen LogP contribution >= 0.6 is 12.6 Å². The quantitative estimate of drug-likeness (QED) is 0.681. The summed E-state index contributed by atoms with van der Waals surface area (Å²) >= 11 is 4.11. The van der Waals surface area contributed by atoms with Crippen LogP contribution in [0.1, 0.15) is 13.3 Å². The monoisotopic (exact) mass is 221 g/mol. The number of aromatic nitrogens is 2. The smallest absolute Gasteiger partial charge is 0.224 e. The second-order valence-corrected chi connectivity index (χ2v) is 3.62. The molecule has 2 aromatic rings. The lowest BCUT2D eigenvalue weighted by molar-refractivity contribution is -0.115. The summed E-state index contributed by atoms with van der Waals surface area (Å²) in [5.41, 5.74) is 2.47. The topological polar surface area (TPSA) is 57.8 Å². The van der Waals surface area contributed by atoms with Crippen LogP contribution < -0.4 is 5.32 Å². The van der Waals surface area contributed by atoms with E-state index in [1.54, 1.807) is 0 Å². The first kappa shape index (κ1) is 10.0. The maximum absolute atomic E-state index is 11.2. The Labute approximate surface area is 92.5 Å². The van der Waals surface area contributed by atoms with Gasteiger partial charge in [-0.1, -0.05) is 6.92 Å². The zero-order valence-electron chi connectivity index (χ0n) is 8.24. The summed E-state index contributed by atoms with van der Waals surface area (Å²) in [7, 11) is 0. The minimum Gasteiger partial charge on any atom is -0.333 e. The lowest BCUT2D eigenvalue weighted by Crippen LogP contribution is -2.09. The van der Waals surface area contributed by atoms with Gasteiger partial charge in [0.1, 0.15) is 0 Å². The van der Waals surface area contributed by atoms with Crippen molar-refractivity contribution in [3.8, 4) is 0 Å². The first-order valence-electron chi connectivity index (χ1n) is 4.67. The van der Waals surface area contributed by atoms with Crippen molar-refractivity contribution in [2.45, 2.75) is 18.5 Å². The molecule has 0 atom stereocenters. The van der Waals surface area contributed by atoms with E-state index in [0.717, 1.165) is 16.7 Å². The molecule has 78 valence electrons. The highest BCUT2D eigenvalue weighted by molar-refractivity contribution is 7.80. The molecule has 1 amide bonds. The molecule has 0 spiro atoms. The van der Waals surface area contributed by atoms with Crippen molar-refractivity contribution in [2.75, 3.05) is 5.32 Å². The standard InChI is InChI=1S/C10H11N3OS/c1-2-9(14)11-6-3-4-7-8(5-6)13-10(15)12-7/h3-5H,2H2,1H3,(H,11,14)(H2,12,13,15). The second-order valence-electron chi connectivity index (χ2n) is 3.19. The number of anilines is 1. The number of carbonyl (C=O) groups is 1. The van der Waals surface area contributed by atoms with Crippen LogP contribution in [0.3, 0.4) is 0 Å². The third-order valence-corrected chi connectivity index (χ3v) is 2.29. The molecule has 2 rings (SSSR count). The van der Waals surface area contributed by atoms with Gasteiger partial charge < -0.3 is 10.3 Å². The summed E-state index contributed by atoms with van der Waals surface area (Å²) in [6.45, 7) is 1.81. The molecule has 0 fully saturated rings. The van der Waals surface area contributed by atoms with Gasteiger partial charge in [-0.3, -0.25) is 4.79 Å². The first-order chi connectivity index (χ1) is 7.19. The summed E-state index contributed by atoms with van der Waals surface area (Å²) in [6.07, 6.45) is 0.469. The number of carbonyl (C=O) groups excluding carboxylic acids is 1. The molecule has 0 aliphatic carbocycles. The predicted octanol–water partition coefficient (Wildman–Crippen LogP) is 2.20. The average molecular weight is 221 g/mol. The number of H-pyrrole nitrogens is 1. The van der Waals surface area contributed by atoms with E-state index in [4.69, 9.17) is 0 Å². The van der Waals surface area contributed by atoms with Gasteiger partial charge in [-0.15, -0.1) is 12.6 Å². The maximum atomic E-state index is 11.2. The molecule has 0 saturated heterocycles. The van der Waals surface area contributed by atoms with E-state index in [1.165, 1.54) is 0 Å². The van der Waals surface area contributed by atoms with Gasteiger partial charge in [-0.25, -0.2) is 4.98 Å². The third-order valence-electron chi connectivity index (χ3n) is 2.08. The number of aromatic amines is 1. The fourth-order valence-corrected chi connectivity index (χ4v) is 1.55. The zero-order valence-corrected chi connectivity index (χ0v) is 9.14. The summed E-state index contributed by atoms with van der Waals surface area (Å²) < 4.78 is 0. The van der Waals surface area contributed by atoms with Gasteiger partial charge >= 0.3 is 0 Å². The molecule has 1 aromatic heterocycles. The van der Waals surface area contributed by atoms with E-state index >= 15 is 0 Å². The number of hydrogen-bond donors (Lipinski definition) is 3. The molecule has 5 heteroatoms. The number of nitrogens with zero attached hydrogens (tertiary/aromatic N) is 1. The van der Waals surface area contributed by atoms with E-state index < -0.39 is 0 Å². The van der Waals surface area contributed by atoms with E-state index in [2.05, 4.69) is 27.9 Å². The number of rotatable bonds is 2. The third kappa shape index (κ3) is 2.12. The van der Waals surface area contributed by atoms with Gasteiger partial charge in [-0.2, -0.15) is 0 Å². The summed E-state index contributed by atoms with van der Waals surface area (Å²) in [5, 5.41) is 3.35.